The summed E-state index contributed by atoms with van der Waals surface area (Å²) in [5.41, 5.74) is 5.88. The summed E-state index contributed by atoms with van der Waals surface area (Å²) in [6.07, 6.45) is 0.578. The molecular formula is C11H17N3O4. The van der Waals surface area contributed by atoms with Gasteiger partial charge in [-0.2, -0.15) is 4.98 Å². The van der Waals surface area contributed by atoms with E-state index in [-0.39, 0.29) is 18.1 Å². The molecule has 3 atom stereocenters. The van der Waals surface area contributed by atoms with Crippen molar-refractivity contribution >= 4 is 5.95 Å². The molecule has 4 N–H and O–H groups in total. The molecule has 100 valence electrons. The van der Waals surface area contributed by atoms with Crippen molar-refractivity contribution in [3.05, 3.63) is 22.1 Å². The van der Waals surface area contributed by atoms with Gasteiger partial charge < -0.3 is 20.7 Å². The highest BCUT2D eigenvalue weighted by Crippen LogP contribution is 2.29. The topological polar surface area (TPSA) is 111 Å². The van der Waals surface area contributed by atoms with Crippen molar-refractivity contribution in [1.82, 2.24) is 9.55 Å². The first-order chi connectivity index (χ1) is 8.56. The number of aromatic nitrogens is 2. The van der Waals surface area contributed by atoms with Crippen LogP contribution in [0.25, 0.3) is 0 Å². The average Bonchev–Trinajstić information content (AvgIpc) is 2.70. The summed E-state index contributed by atoms with van der Waals surface area (Å²) in [4.78, 5) is 15.2. The second-order valence-corrected chi connectivity index (χ2v) is 4.31. The van der Waals surface area contributed by atoms with E-state index in [2.05, 4.69) is 4.98 Å². The van der Waals surface area contributed by atoms with Gasteiger partial charge in [0.05, 0.1) is 12.7 Å². The maximum atomic E-state index is 11.5. The van der Waals surface area contributed by atoms with Crippen LogP contribution in [-0.2, 0) is 11.2 Å². The second kappa shape index (κ2) is 5.05. The minimum absolute atomic E-state index is 0.0491. The van der Waals surface area contributed by atoms with Crippen LogP contribution in [0.1, 0.15) is 25.1 Å². The zero-order valence-electron chi connectivity index (χ0n) is 10.1. The Balaban J connectivity index is 2.32. The van der Waals surface area contributed by atoms with Crippen molar-refractivity contribution in [2.45, 2.75) is 38.2 Å². The van der Waals surface area contributed by atoms with Crippen LogP contribution in [0.15, 0.2) is 11.0 Å². The van der Waals surface area contributed by atoms with Crippen LogP contribution in [0.2, 0.25) is 0 Å². The lowest BCUT2D eigenvalue weighted by Gasteiger charge is -2.17. The monoisotopic (exact) mass is 255 g/mol. The number of nitrogens with zero attached hydrogens (tertiary/aromatic N) is 2. The lowest BCUT2D eigenvalue weighted by Crippen LogP contribution is -2.25. The number of nitrogens with two attached hydrogens (primary N) is 1. The van der Waals surface area contributed by atoms with Crippen molar-refractivity contribution < 1.29 is 14.9 Å². The van der Waals surface area contributed by atoms with E-state index in [1.54, 1.807) is 6.20 Å². The van der Waals surface area contributed by atoms with Crippen LogP contribution in [0, 0.1) is 0 Å². The van der Waals surface area contributed by atoms with Crippen molar-refractivity contribution in [1.29, 1.82) is 0 Å². The maximum Gasteiger partial charge on any atom is 0.277 e. The molecule has 7 heteroatoms. The molecule has 0 radical (unpaired) electrons. The van der Waals surface area contributed by atoms with E-state index in [0.29, 0.717) is 18.4 Å². The maximum absolute atomic E-state index is 11.5. The number of nitrogen functional groups attached to an aromatic ring is 1. The Kier molecular flexibility index (Phi) is 3.65. The molecular weight excluding hydrogens is 238 g/mol. The van der Waals surface area contributed by atoms with E-state index in [4.69, 9.17) is 15.6 Å². The molecule has 2 heterocycles. The molecule has 1 aromatic rings. The zero-order chi connectivity index (χ0) is 13.3. The van der Waals surface area contributed by atoms with Crippen LogP contribution in [0.4, 0.5) is 5.95 Å². The van der Waals surface area contributed by atoms with Crippen molar-refractivity contribution in [2.75, 3.05) is 12.3 Å². The fraction of sp³-hybridized carbons (Fsp3) is 0.636. The predicted molar refractivity (Wildman–Crippen MR) is 63.9 cm³/mol. The largest absolute Gasteiger partial charge is 0.394 e. The lowest BCUT2D eigenvalue weighted by molar-refractivity contribution is -0.0441. The number of hydrogen-bond donors (Lipinski definition) is 3. The SMILES string of the molecule is CCc1cn([C@H]2C[C@H](O)[C@@H](CO)O2)c(N)nc1=O. The number of anilines is 1. The van der Waals surface area contributed by atoms with Crippen molar-refractivity contribution in [2.24, 2.45) is 0 Å². The van der Waals surface area contributed by atoms with Crippen molar-refractivity contribution in [3.63, 3.8) is 0 Å². The Morgan fingerprint density at radius 2 is 2.39 bits per heavy atom. The number of ether oxygens (including phenoxy) is 1. The fourth-order valence-electron chi connectivity index (χ4n) is 2.05. The molecule has 0 unspecified atom stereocenters. The summed E-state index contributed by atoms with van der Waals surface area (Å²) in [5, 5.41) is 18.7. The summed E-state index contributed by atoms with van der Waals surface area (Å²) in [5.74, 6) is 0.0491. The third-order valence-electron chi connectivity index (χ3n) is 3.13. The molecule has 1 aliphatic heterocycles. The summed E-state index contributed by atoms with van der Waals surface area (Å²) in [6, 6.07) is 0. The van der Waals surface area contributed by atoms with Gasteiger partial charge in [-0.3, -0.25) is 9.36 Å². The normalized spacial score (nSPS) is 27.6. The van der Waals surface area contributed by atoms with Crippen LogP contribution >= 0.6 is 0 Å². The Hall–Kier alpha value is -1.44. The molecule has 1 fully saturated rings. The molecule has 2 rings (SSSR count). The smallest absolute Gasteiger partial charge is 0.277 e. The van der Waals surface area contributed by atoms with Gasteiger partial charge in [0, 0.05) is 18.2 Å². The second-order valence-electron chi connectivity index (χ2n) is 4.31. The quantitative estimate of drug-likeness (QED) is 0.641. The van der Waals surface area contributed by atoms with E-state index in [1.165, 1.54) is 4.57 Å². The Bertz CT molecular complexity index is 488. The minimum Gasteiger partial charge on any atom is -0.394 e. The number of aliphatic hydroxyl groups excluding tert-OH is 2. The van der Waals surface area contributed by atoms with Gasteiger partial charge in [0.2, 0.25) is 5.95 Å². The first-order valence-corrected chi connectivity index (χ1v) is 5.88. The van der Waals surface area contributed by atoms with Crippen LogP contribution in [0.5, 0.6) is 0 Å². The molecule has 1 aromatic heterocycles. The van der Waals surface area contributed by atoms with E-state index in [9.17, 15) is 9.90 Å². The lowest BCUT2D eigenvalue weighted by atomic mass is 10.2. The average molecular weight is 255 g/mol. The van der Waals surface area contributed by atoms with Crippen LogP contribution in [-0.4, -0.2) is 38.6 Å². The number of aliphatic hydroxyl groups is 2. The molecule has 1 saturated heterocycles. The summed E-state index contributed by atoms with van der Waals surface area (Å²) < 4.78 is 7.00. The Morgan fingerprint density at radius 1 is 1.67 bits per heavy atom. The van der Waals surface area contributed by atoms with Crippen molar-refractivity contribution in [3.8, 4) is 0 Å². The van der Waals surface area contributed by atoms with Crippen LogP contribution in [0.3, 0.4) is 0 Å². The summed E-state index contributed by atoms with van der Waals surface area (Å²) in [7, 11) is 0. The predicted octanol–water partition coefficient (Wildman–Crippen LogP) is -0.971. The van der Waals surface area contributed by atoms with E-state index < -0.39 is 18.4 Å². The highest BCUT2D eigenvalue weighted by Gasteiger charge is 2.35. The van der Waals surface area contributed by atoms with Crippen LogP contribution < -0.4 is 11.3 Å². The molecule has 0 bridgehead atoms. The third kappa shape index (κ3) is 2.24. The molecule has 0 aliphatic carbocycles. The zero-order valence-corrected chi connectivity index (χ0v) is 10.1. The summed E-state index contributed by atoms with van der Waals surface area (Å²) >= 11 is 0. The first kappa shape index (κ1) is 13.0. The number of rotatable bonds is 3. The minimum atomic E-state index is -0.746. The molecule has 7 nitrogen and oxygen atoms in total. The van der Waals surface area contributed by atoms with Gasteiger partial charge in [0.15, 0.2) is 0 Å². The van der Waals surface area contributed by atoms with Gasteiger partial charge in [0.1, 0.15) is 12.3 Å². The highest BCUT2D eigenvalue weighted by atomic mass is 16.5. The van der Waals surface area contributed by atoms with Gasteiger partial charge in [-0.1, -0.05) is 6.92 Å². The van der Waals surface area contributed by atoms with Gasteiger partial charge in [-0.05, 0) is 6.42 Å². The van der Waals surface area contributed by atoms with Gasteiger partial charge in [-0.25, -0.2) is 0 Å². The van der Waals surface area contributed by atoms with E-state index in [0.717, 1.165) is 0 Å². The van der Waals surface area contributed by atoms with Gasteiger partial charge >= 0.3 is 0 Å². The standard InChI is InChI=1S/C11H17N3O4/c1-2-6-4-14(11(12)13-10(6)17)9-3-7(16)8(5-15)18-9/h4,7-9,15-16H,2-3,5H2,1H3,(H2,12,13,17)/t7-,8+,9+/m0/s1. The molecule has 0 aromatic carbocycles. The molecule has 0 amide bonds. The number of hydrogen-bond acceptors (Lipinski definition) is 6. The summed E-state index contributed by atoms with van der Waals surface area (Å²) in [6.45, 7) is 1.59. The fourth-order valence-corrected chi connectivity index (χ4v) is 2.05. The highest BCUT2D eigenvalue weighted by molar-refractivity contribution is 5.21. The molecule has 18 heavy (non-hydrogen) atoms. The Labute approximate surface area is 104 Å². The molecule has 1 aliphatic rings. The third-order valence-corrected chi connectivity index (χ3v) is 3.13. The van der Waals surface area contributed by atoms with E-state index in [1.807, 2.05) is 6.92 Å². The molecule has 0 spiro atoms. The molecule has 0 saturated carbocycles. The van der Waals surface area contributed by atoms with E-state index >= 15 is 0 Å². The Morgan fingerprint density at radius 3 is 2.94 bits per heavy atom. The number of aryl methyl sites for hydroxylation is 1. The van der Waals surface area contributed by atoms with Gasteiger partial charge in [0.25, 0.3) is 5.56 Å². The first-order valence-electron chi connectivity index (χ1n) is 5.88. The van der Waals surface area contributed by atoms with Gasteiger partial charge in [-0.15, -0.1) is 0 Å².